The van der Waals surface area contributed by atoms with E-state index < -0.39 is 0 Å². The van der Waals surface area contributed by atoms with Gasteiger partial charge in [0.25, 0.3) is 0 Å². The molecule has 0 saturated carbocycles. The van der Waals surface area contributed by atoms with Crippen LogP contribution in [0.4, 0.5) is 0 Å². The average Bonchev–Trinajstić information content (AvgIpc) is 2.64. The van der Waals surface area contributed by atoms with E-state index in [4.69, 9.17) is 21.1 Å². The zero-order chi connectivity index (χ0) is 16.4. The van der Waals surface area contributed by atoms with Crippen molar-refractivity contribution in [3.8, 4) is 17.4 Å². The molecule has 4 rings (SSSR count). The number of nitrogens with zero attached hydrogens (tertiary/aromatic N) is 1. The van der Waals surface area contributed by atoms with Gasteiger partial charge in [0.1, 0.15) is 11.5 Å². The molecule has 1 aromatic heterocycles. The first-order chi connectivity index (χ1) is 11.8. The molecule has 120 valence electrons. The van der Waals surface area contributed by atoms with E-state index in [1.165, 1.54) is 11.1 Å². The van der Waals surface area contributed by atoms with Gasteiger partial charge in [-0.05, 0) is 29.7 Å². The van der Waals surface area contributed by atoms with Crippen molar-refractivity contribution < 1.29 is 9.47 Å². The number of ether oxygens (including phenoxy) is 2. The predicted molar refractivity (Wildman–Crippen MR) is 94.1 cm³/mol. The zero-order valence-electron chi connectivity index (χ0n) is 13.0. The van der Waals surface area contributed by atoms with Crippen molar-refractivity contribution in [3.05, 3.63) is 83.0 Å². The highest BCUT2D eigenvalue weighted by molar-refractivity contribution is 6.30. The van der Waals surface area contributed by atoms with Crippen LogP contribution in [0.1, 0.15) is 17.0 Å². The number of halogens is 1. The first-order valence-electron chi connectivity index (χ1n) is 7.88. The lowest BCUT2D eigenvalue weighted by atomic mass is 9.90. The largest absolute Gasteiger partial charge is 0.493 e. The maximum Gasteiger partial charge on any atom is 0.219 e. The molecular weight excluding hydrogens is 322 g/mol. The zero-order valence-corrected chi connectivity index (χ0v) is 13.7. The fraction of sp³-hybridized carbons (Fsp3) is 0.150. The number of benzene rings is 2. The van der Waals surface area contributed by atoms with Gasteiger partial charge in [-0.1, -0.05) is 48.0 Å². The summed E-state index contributed by atoms with van der Waals surface area (Å²) in [5, 5.41) is 0.586. The van der Waals surface area contributed by atoms with Crippen molar-refractivity contribution in [2.45, 2.75) is 12.3 Å². The molecular formula is C20H16ClNO2. The van der Waals surface area contributed by atoms with E-state index in [1.54, 1.807) is 18.3 Å². The number of pyridine rings is 1. The smallest absolute Gasteiger partial charge is 0.219 e. The second kappa shape index (κ2) is 6.54. The first kappa shape index (κ1) is 15.0. The van der Waals surface area contributed by atoms with Crippen LogP contribution in [0.15, 0.2) is 66.9 Å². The molecule has 3 nitrogen and oxygen atoms in total. The van der Waals surface area contributed by atoms with Crippen LogP contribution >= 0.6 is 11.6 Å². The Balaban J connectivity index is 1.52. The molecule has 24 heavy (non-hydrogen) atoms. The van der Waals surface area contributed by atoms with Gasteiger partial charge in [-0.2, -0.15) is 0 Å². The van der Waals surface area contributed by atoms with Gasteiger partial charge in [0.05, 0.1) is 11.6 Å². The fourth-order valence-corrected chi connectivity index (χ4v) is 3.01. The molecule has 0 amide bonds. The van der Waals surface area contributed by atoms with E-state index in [1.807, 2.05) is 18.2 Å². The van der Waals surface area contributed by atoms with E-state index in [0.717, 1.165) is 12.2 Å². The summed E-state index contributed by atoms with van der Waals surface area (Å²) in [5.41, 5.74) is 2.51. The number of hydrogen-bond acceptors (Lipinski definition) is 3. The van der Waals surface area contributed by atoms with Crippen LogP contribution in [0.3, 0.4) is 0 Å². The summed E-state index contributed by atoms with van der Waals surface area (Å²) in [4.78, 5) is 4.14. The molecule has 0 bridgehead atoms. The minimum Gasteiger partial charge on any atom is -0.493 e. The number of aromatic nitrogens is 1. The molecule has 4 heteroatoms. The quantitative estimate of drug-likeness (QED) is 0.654. The van der Waals surface area contributed by atoms with E-state index in [0.29, 0.717) is 29.2 Å². The predicted octanol–water partition coefficient (Wildman–Crippen LogP) is 5.25. The van der Waals surface area contributed by atoms with E-state index in [2.05, 4.69) is 35.3 Å². The Bertz CT molecular complexity index is 834. The third-order valence-corrected chi connectivity index (χ3v) is 4.36. The van der Waals surface area contributed by atoms with Gasteiger partial charge in [0.15, 0.2) is 0 Å². The number of hydrogen-bond donors (Lipinski definition) is 0. The molecule has 1 atom stereocenters. The third-order valence-electron chi connectivity index (χ3n) is 4.14. The molecule has 1 unspecified atom stereocenters. The van der Waals surface area contributed by atoms with Crippen molar-refractivity contribution >= 4 is 11.6 Å². The third kappa shape index (κ3) is 3.22. The Hall–Kier alpha value is -2.52. The second-order valence-electron chi connectivity index (χ2n) is 5.81. The Labute approximate surface area is 145 Å². The lowest BCUT2D eigenvalue weighted by Crippen LogP contribution is -2.19. The topological polar surface area (TPSA) is 31.4 Å². The highest BCUT2D eigenvalue weighted by Crippen LogP contribution is 2.35. The Morgan fingerprint density at radius 1 is 1.04 bits per heavy atom. The summed E-state index contributed by atoms with van der Waals surface area (Å²) in [7, 11) is 0. The van der Waals surface area contributed by atoms with E-state index >= 15 is 0 Å². The van der Waals surface area contributed by atoms with Crippen LogP contribution in [-0.2, 0) is 6.42 Å². The molecule has 1 aliphatic heterocycles. The van der Waals surface area contributed by atoms with Gasteiger partial charge in [0, 0.05) is 24.2 Å². The second-order valence-corrected chi connectivity index (χ2v) is 6.25. The molecule has 1 aliphatic rings. The van der Waals surface area contributed by atoms with Gasteiger partial charge in [-0.25, -0.2) is 4.98 Å². The lowest BCUT2D eigenvalue weighted by Gasteiger charge is -2.26. The summed E-state index contributed by atoms with van der Waals surface area (Å²) in [6, 6.07) is 19.9. The summed E-state index contributed by atoms with van der Waals surface area (Å²) < 4.78 is 11.7. The van der Waals surface area contributed by atoms with Crippen molar-refractivity contribution in [1.29, 1.82) is 0 Å². The average molecular weight is 338 g/mol. The molecule has 2 aromatic carbocycles. The van der Waals surface area contributed by atoms with Crippen LogP contribution in [0.5, 0.6) is 17.4 Å². The minimum absolute atomic E-state index is 0.392. The highest BCUT2D eigenvalue weighted by Gasteiger charge is 2.21. The molecule has 3 aromatic rings. The lowest BCUT2D eigenvalue weighted by molar-refractivity contribution is 0.261. The first-order valence-corrected chi connectivity index (χ1v) is 8.26. The Kier molecular flexibility index (Phi) is 4.09. The highest BCUT2D eigenvalue weighted by atomic mass is 35.5. The molecule has 0 aliphatic carbocycles. The summed E-state index contributed by atoms with van der Waals surface area (Å²) >= 11 is 5.84. The standard InChI is InChI=1S/C20H16ClNO2/c21-17-7-9-20(22-12-17)24-18-8-6-15-10-16(13-23-19(15)11-18)14-4-2-1-3-5-14/h1-9,11-12,16H,10,13H2. The molecule has 0 spiro atoms. The normalized spacial score (nSPS) is 16.1. The van der Waals surface area contributed by atoms with Crippen molar-refractivity contribution in [2.24, 2.45) is 0 Å². The summed E-state index contributed by atoms with van der Waals surface area (Å²) in [5.74, 6) is 2.50. The van der Waals surface area contributed by atoms with Crippen molar-refractivity contribution in [3.63, 3.8) is 0 Å². The Morgan fingerprint density at radius 2 is 1.92 bits per heavy atom. The maximum atomic E-state index is 5.97. The number of fused-ring (bicyclic) bond motifs is 1. The molecule has 0 N–H and O–H groups in total. The van der Waals surface area contributed by atoms with Gasteiger partial charge in [-0.3, -0.25) is 0 Å². The summed E-state index contributed by atoms with van der Waals surface area (Å²) in [6.07, 6.45) is 2.54. The van der Waals surface area contributed by atoms with Crippen LogP contribution in [0, 0.1) is 0 Å². The molecule has 0 fully saturated rings. The van der Waals surface area contributed by atoms with Crippen molar-refractivity contribution in [1.82, 2.24) is 4.98 Å². The van der Waals surface area contributed by atoms with Gasteiger partial charge in [0.2, 0.25) is 5.88 Å². The van der Waals surface area contributed by atoms with Crippen molar-refractivity contribution in [2.75, 3.05) is 6.61 Å². The monoisotopic (exact) mass is 337 g/mol. The van der Waals surface area contributed by atoms with Gasteiger partial charge in [-0.15, -0.1) is 0 Å². The fourth-order valence-electron chi connectivity index (χ4n) is 2.90. The van der Waals surface area contributed by atoms with Crippen LogP contribution in [-0.4, -0.2) is 11.6 Å². The SMILES string of the molecule is Clc1ccc(Oc2ccc3c(c2)OCC(c2ccccc2)C3)nc1. The van der Waals surface area contributed by atoms with E-state index in [-0.39, 0.29) is 0 Å². The van der Waals surface area contributed by atoms with Gasteiger partial charge >= 0.3 is 0 Å². The van der Waals surface area contributed by atoms with Crippen LogP contribution in [0.2, 0.25) is 5.02 Å². The van der Waals surface area contributed by atoms with E-state index in [9.17, 15) is 0 Å². The molecule has 2 heterocycles. The maximum absolute atomic E-state index is 5.97. The van der Waals surface area contributed by atoms with Crippen LogP contribution < -0.4 is 9.47 Å². The summed E-state index contributed by atoms with van der Waals surface area (Å²) in [6.45, 7) is 0.680. The molecule has 0 radical (unpaired) electrons. The van der Waals surface area contributed by atoms with Crippen LogP contribution in [0.25, 0.3) is 0 Å². The minimum atomic E-state index is 0.392. The molecule has 0 saturated heterocycles. The van der Waals surface area contributed by atoms with Gasteiger partial charge < -0.3 is 9.47 Å². The Morgan fingerprint density at radius 3 is 2.71 bits per heavy atom. The number of rotatable bonds is 3.